The highest BCUT2D eigenvalue weighted by atomic mass is 79.9. The van der Waals surface area contributed by atoms with Crippen LogP contribution in [0.15, 0.2) is 40.9 Å². The van der Waals surface area contributed by atoms with Crippen molar-refractivity contribution < 1.29 is 23.8 Å². The highest BCUT2D eigenvalue weighted by Crippen LogP contribution is 2.32. The fourth-order valence-electron chi connectivity index (χ4n) is 6.99. The van der Waals surface area contributed by atoms with Crippen molar-refractivity contribution in [3.05, 3.63) is 63.1 Å². The zero-order valence-corrected chi connectivity index (χ0v) is 33.8. The lowest BCUT2D eigenvalue weighted by Crippen LogP contribution is -2.49. The summed E-state index contributed by atoms with van der Waals surface area (Å²) >= 11 is 3.58. The number of carbonyl (C=O) groups excluding carboxylic acids is 2. The number of hydrogen-bond donors (Lipinski definition) is 0. The van der Waals surface area contributed by atoms with Crippen LogP contribution in [0.25, 0.3) is 0 Å². The SMILES string of the molecule is Cc1ccc(CN2CCN(C(=O)OC(C)(C)C)CC2)cc1Br.Cc1ccc(CN2CCN(C(=O)OC(C)(C)C)CC2)cc1N1CC2CCC(C1)O2. The maximum absolute atomic E-state index is 12.3. The summed E-state index contributed by atoms with van der Waals surface area (Å²) in [5, 5.41) is 0. The summed E-state index contributed by atoms with van der Waals surface area (Å²) in [5.41, 5.74) is 5.71. The zero-order chi connectivity index (χ0) is 36.9. The van der Waals surface area contributed by atoms with E-state index in [0.717, 1.165) is 83.0 Å². The largest absolute Gasteiger partial charge is 0.444 e. The van der Waals surface area contributed by atoms with Gasteiger partial charge >= 0.3 is 12.2 Å². The third-order valence-corrected chi connectivity index (χ3v) is 10.6. The average Bonchev–Trinajstić information content (AvgIpc) is 3.40. The van der Waals surface area contributed by atoms with Crippen LogP contribution in [0.4, 0.5) is 15.3 Å². The molecule has 282 valence electrons. The third kappa shape index (κ3) is 11.8. The van der Waals surface area contributed by atoms with Gasteiger partial charge < -0.3 is 28.9 Å². The predicted molar refractivity (Wildman–Crippen MR) is 206 cm³/mol. The topological polar surface area (TPSA) is 78.0 Å². The van der Waals surface area contributed by atoms with Crippen LogP contribution in [0.2, 0.25) is 0 Å². The van der Waals surface area contributed by atoms with Crippen molar-refractivity contribution in [3.8, 4) is 0 Å². The summed E-state index contributed by atoms with van der Waals surface area (Å²) in [6, 6.07) is 13.3. The van der Waals surface area contributed by atoms with Gasteiger partial charge in [-0.1, -0.05) is 40.2 Å². The number of halogens is 1. The summed E-state index contributed by atoms with van der Waals surface area (Å²) < 4.78 is 18.1. The van der Waals surface area contributed by atoms with Gasteiger partial charge in [-0.15, -0.1) is 0 Å². The standard InChI is InChI=1S/C23H35N3O3.C17H25BrN2O2/c1-17-5-6-18(13-21(17)26-15-19-7-8-20(16-26)28-19)14-24-9-11-25(12-10-24)22(27)29-23(2,3)4;1-13-5-6-14(11-15(13)18)12-19-7-9-20(10-8-19)16(21)22-17(2,3)4/h5-6,13,19-20H,7-12,14-16H2,1-4H3;5-6,11H,7-10,12H2,1-4H3. The molecule has 2 unspecified atom stereocenters. The molecule has 4 aliphatic heterocycles. The minimum atomic E-state index is -0.439. The Morgan fingerprint density at radius 1 is 0.686 bits per heavy atom. The Morgan fingerprint density at radius 3 is 1.55 bits per heavy atom. The van der Waals surface area contributed by atoms with Crippen LogP contribution in [0.1, 0.15) is 76.6 Å². The molecular formula is C40H60BrN5O5. The minimum absolute atomic E-state index is 0.197. The van der Waals surface area contributed by atoms with Crippen LogP contribution in [0.3, 0.4) is 0 Å². The number of morpholine rings is 1. The van der Waals surface area contributed by atoms with Gasteiger partial charge in [0.15, 0.2) is 0 Å². The number of ether oxygens (including phenoxy) is 3. The molecule has 4 fully saturated rings. The van der Waals surface area contributed by atoms with E-state index in [-0.39, 0.29) is 12.2 Å². The Balaban J connectivity index is 0.000000206. The molecule has 11 heteroatoms. The van der Waals surface area contributed by atoms with Gasteiger partial charge in [0.05, 0.1) is 12.2 Å². The number of nitrogens with zero attached hydrogens (tertiary/aromatic N) is 5. The molecule has 10 nitrogen and oxygen atoms in total. The lowest BCUT2D eigenvalue weighted by molar-refractivity contribution is 0.0129. The first kappa shape index (κ1) is 39.3. The number of piperazine rings is 2. The lowest BCUT2D eigenvalue weighted by atomic mass is 10.1. The Labute approximate surface area is 314 Å². The first-order valence-corrected chi connectivity index (χ1v) is 19.5. The second kappa shape index (κ2) is 16.9. The molecule has 2 amide bonds. The van der Waals surface area contributed by atoms with E-state index in [1.54, 1.807) is 4.90 Å². The third-order valence-electron chi connectivity index (χ3n) is 9.75. The molecule has 51 heavy (non-hydrogen) atoms. The molecule has 2 atom stereocenters. The number of fused-ring (bicyclic) bond motifs is 2. The summed E-state index contributed by atoms with van der Waals surface area (Å²) in [4.78, 5) is 35.2. The van der Waals surface area contributed by atoms with Crippen molar-refractivity contribution in [3.63, 3.8) is 0 Å². The van der Waals surface area contributed by atoms with Gasteiger partial charge in [-0.05, 0) is 103 Å². The van der Waals surface area contributed by atoms with Gasteiger partial charge in [-0.3, -0.25) is 9.80 Å². The van der Waals surface area contributed by atoms with Crippen LogP contribution in [-0.4, -0.2) is 121 Å². The summed E-state index contributed by atoms with van der Waals surface area (Å²) in [6.07, 6.45) is 2.79. The molecular weight excluding hydrogens is 710 g/mol. The van der Waals surface area contributed by atoms with Gasteiger partial charge in [0.25, 0.3) is 0 Å². The molecule has 6 rings (SSSR count). The Kier molecular flexibility index (Phi) is 13.0. The number of amides is 2. The predicted octanol–water partition coefficient (Wildman–Crippen LogP) is 7.23. The van der Waals surface area contributed by atoms with Gasteiger partial charge in [-0.2, -0.15) is 0 Å². The molecule has 0 saturated carbocycles. The van der Waals surface area contributed by atoms with Crippen LogP contribution >= 0.6 is 15.9 Å². The van der Waals surface area contributed by atoms with Crippen molar-refractivity contribution in [1.29, 1.82) is 0 Å². The van der Waals surface area contributed by atoms with Crippen LogP contribution in [0, 0.1) is 13.8 Å². The van der Waals surface area contributed by atoms with Crippen molar-refractivity contribution in [2.24, 2.45) is 0 Å². The number of aryl methyl sites for hydroxylation is 2. The lowest BCUT2D eigenvalue weighted by Gasteiger charge is -2.36. The molecule has 0 radical (unpaired) electrons. The first-order chi connectivity index (χ1) is 24.0. The Hall–Kier alpha value is -2.86. The fraction of sp³-hybridized carbons (Fsp3) is 0.650. The second-order valence-electron chi connectivity index (χ2n) is 16.6. The maximum atomic E-state index is 12.3. The molecule has 2 bridgehead atoms. The number of carbonyl (C=O) groups is 2. The van der Waals surface area contributed by atoms with Crippen molar-refractivity contribution in [2.75, 3.05) is 70.3 Å². The van der Waals surface area contributed by atoms with Crippen molar-refractivity contribution >= 4 is 33.8 Å². The maximum Gasteiger partial charge on any atom is 0.410 e. The van der Waals surface area contributed by atoms with E-state index in [1.807, 2.05) is 46.4 Å². The molecule has 0 aliphatic carbocycles. The molecule has 2 aromatic carbocycles. The van der Waals surface area contributed by atoms with Crippen LogP contribution in [0.5, 0.6) is 0 Å². The van der Waals surface area contributed by atoms with E-state index in [9.17, 15) is 9.59 Å². The Bertz CT molecular complexity index is 1480. The van der Waals surface area contributed by atoms with Crippen molar-refractivity contribution in [2.45, 2.75) is 105 Å². The summed E-state index contributed by atoms with van der Waals surface area (Å²) in [5.74, 6) is 0. The number of anilines is 1. The van der Waals surface area contributed by atoms with Gasteiger partial charge in [-0.25, -0.2) is 9.59 Å². The monoisotopic (exact) mass is 769 g/mol. The zero-order valence-electron chi connectivity index (χ0n) is 32.2. The fourth-order valence-corrected chi connectivity index (χ4v) is 7.41. The van der Waals surface area contributed by atoms with E-state index in [2.05, 4.69) is 80.9 Å². The van der Waals surface area contributed by atoms with Crippen molar-refractivity contribution in [1.82, 2.24) is 19.6 Å². The molecule has 0 N–H and O–H groups in total. The van der Waals surface area contributed by atoms with Crippen LogP contribution < -0.4 is 4.90 Å². The minimum Gasteiger partial charge on any atom is -0.444 e. The number of benzene rings is 2. The number of hydrogen-bond acceptors (Lipinski definition) is 8. The van der Waals surface area contributed by atoms with Gasteiger partial charge in [0.1, 0.15) is 11.2 Å². The molecule has 4 aliphatic rings. The molecule has 2 aromatic rings. The molecule has 0 spiro atoms. The quantitative estimate of drug-likeness (QED) is 0.316. The van der Waals surface area contributed by atoms with Gasteiger partial charge in [0, 0.05) is 88.7 Å². The summed E-state index contributed by atoms with van der Waals surface area (Å²) in [6.45, 7) is 26.0. The van der Waals surface area contributed by atoms with E-state index in [0.29, 0.717) is 12.2 Å². The second-order valence-corrected chi connectivity index (χ2v) is 17.4. The van der Waals surface area contributed by atoms with Gasteiger partial charge in [0.2, 0.25) is 0 Å². The molecule has 0 aromatic heterocycles. The first-order valence-electron chi connectivity index (χ1n) is 18.7. The van der Waals surface area contributed by atoms with E-state index in [1.165, 1.54) is 40.8 Å². The normalized spacial score (nSPS) is 21.6. The Morgan fingerprint density at radius 2 is 1.12 bits per heavy atom. The highest BCUT2D eigenvalue weighted by Gasteiger charge is 2.34. The number of rotatable bonds is 5. The molecule has 4 heterocycles. The highest BCUT2D eigenvalue weighted by molar-refractivity contribution is 9.10. The molecule has 4 saturated heterocycles. The van der Waals surface area contributed by atoms with E-state index in [4.69, 9.17) is 14.2 Å². The van der Waals surface area contributed by atoms with E-state index >= 15 is 0 Å². The van der Waals surface area contributed by atoms with E-state index < -0.39 is 11.2 Å². The summed E-state index contributed by atoms with van der Waals surface area (Å²) in [7, 11) is 0. The van der Waals surface area contributed by atoms with Crippen LogP contribution in [-0.2, 0) is 27.3 Å². The smallest absolute Gasteiger partial charge is 0.410 e. The average molecular weight is 771 g/mol.